The van der Waals surface area contributed by atoms with Gasteiger partial charge in [-0.2, -0.15) is 0 Å². The van der Waals surface area contributed by atoms with Crippen LogP contribution in [0.1, 0.15) is 30.4 Å². The molecule has 1 aromatic rings. The molecular formula is C14H21N3. The number of rotatable bonds is 4. The number of hydrogen-bond acceptors (Lipinski definition) is 1. The van der Waals surface area contributed by atoms with Crippen molar-refractivity contribution in [2.24, 2.45) is 4.99 Å². The van der Waals surface area contributed by atoms with Crippen LogP contribution >= 0.6 is 0 Å². The summed E-state index contributed by atoms with van der Waals surface area (Å²) < 4.78 is 0. The van der Waals surface area contributed by atoms with Crippen LogP contribution in [0.25, 0.3) is 0 Å². The van der Waals surface area contributed by atoms with E-state index in [2.05, 4.69) is 46.8 Å². The maximum Gasteiger partial charge on any atom is 0.190 e. The Morgan fingerprint density at radius 2 is 2.18 bits per heavy atom. The van der Waals surface area contributed by atoms with Crippen molar-refractivity contribution < 1.29 is 0 Å². The van der Waals surface area contributed by atoms with Crippen molar-refractivity contribution in [2.75, 3.05) is 20.1 Å². The molecule has 1 aromatic carbocycles. The van der Waals surface area contributed by atoms with Gasteiger partial charge in [-0.1, -0.05) is 31.2 Å². The molecule has 17 heavy (non-hydrogen) atoms. The van der Waals surface area contributed by atoms with E-state index in [0.29, 0.717) is 5.92 Å². The quantitative estimate of drug-likeness (QED) is 0.613. The van der Waals surface area contributed by atoms with Gasteiger partial charge in [0.1, 0.15) is 0 Å². The molecule has 0 radical (unpaired) electrons. The predicted molar refractivity (Wildman–Crippen MR) is 72.5 cm³/mol. The number of benzene rings is 1. The Balaban J connectivity index is 1.80. The van der Waals surface area contributed by atoms with Crippen LogP contribution in [-0.4, -0.2) is 26.1 Å². The fourth-order valence-electron chi connectivity index (χ4n) is 2.23. The van der Waals surface area contributed by atoms with E-state index in [9.17, 15) is 0 Å². The lowest BCUT2D eigenvalue weighted by atomic mass is 9.78. The standard InChI is InChI=1S/C14H21N3/c1-3-8-16-14(15-2)17-10-12-9-11-6-4-5-7-13(11)12/h4-7,12H,3,8-10H2,1-2H3,(H2,15,16,17). The normalized spacial score (nSPS) is 18.2. The van der Waals surface area contributed by atoms with Crippen LogP contribution in [-0.2, 0) is 6.42 Å². The number of nitrogens with one attached hydrogen (secondary N) is 2. The summed E-state index contributed by atoms with van der Waals surface area (Å²) in [7, 11) is 1.82. The number of hydrogen-bond donors (Lipinski definition) is 2. The van der Waals surface area contributed by atoms with E-state index < -0.39 is 0 Å². The molecule has 1 unspecified atom stereocenters. The van der Waals surface area contributed by atoms with E-state index in [0.717, 1.165) is 25.5 Å². The summed E-state index contributed by atoms with van der Waals surface area (Å²) in [6, 6.07) is 8.68. The Bertz CT molecular complexity index is 398. The molecule has 0 aromatic heterocycles. The number of aliphatic imine (C=N–C) groups is 1. The highest BCUT2D eigenvalue weighted by Gasteiger charge is 2.24. The summed E-state index contributed by atoms with van der Waals surface area (Å²) in [5.74, 6) is 1.56. The average molecular weight is 231 g/mol. The zero-order valence-corrected chi connectivity index (χ0v) is 10.7. The third-order valence-corrected chi connectivity index (χ3v) is 3.24. The molecule has 92 valence electrons. The number of fused-ring (bicyclic) bond motifs is 1. The Kier molecular flexibility index (Phi) is 4.02. The molecule has 0 heterocycles. The van der Waals surface area contributed by atoms with Gasteiger partial charge in [-0.25, -0.2) is 0 Å². The summed E-state index contributed by atoms with van der Waals surface area (Å²) in [6.07, 6.45) is 2.31. The molecule has 0 bridgehead atoms. The van der Waals surface area contributed by atoms with Crippen molar-refractivity contribution in [1.29, 1.82) is 0 Å². The zero-order valence-electron chi connectivity index (χ0n) is 10.7. The van der Waals surface area contributed by atoms with E-state index in [1.165, 1.54) is 17.5 Å². The molecule has 2 N–H and O–H groups in total. The van der Waals surface area contributed by atoms with E-state index in [4.69, 9.17) is 0 Å². The Hall–Kier alpha value is -1.51. The van der Waals surface area contributed by atoms with Crippen LogP contribution in [0.15, 0.2) is 29.3 Å². The molecule has 3 nitrogen and oxygen atoms in total. The first-order chi connectivity index (χ1) is 8.35. The van der Waals surface area contributed by atoms with Gasteiger partial charge in [0.25, 0.3) is 0 Å². The van der Waals surface area contributed by atoms with Crippen molar-refractivity contribution in [3.63, 3.8) is 0 Å². The SMILES string of the molecule is CCCNC(=NC)NCC1Cc2ccccc21. The van der Waals surface area contributed by atoms with E-state index in [-0.39, 0.29) is 0 Å². The van der Waals surface area contributed by atoms with Crippen LogP contribution in [0.4, 0.5) is 0 Å². The van der Waals surface area contributed by atoms with Crippen molar-refractivity contribution >= 4 is 5.96 Å². The first-order valence-electron chi connectivity index (χ1n) is 6.37. The lowest BCUT2D eigenvalue weighted by molar-refractivity contribution is 0.583. The van der Waals surface area contributed by atoms with Crippen LogP contribution in [0.2, 0.25) is 0 Å². The minimum absolute atomic E-state index is 0.645. The van der Waals surface area contributed by atoms with Crippen LogP contribution in [0.3, 0.4) is 0 Å². The largest absolute Gasteiger partial charge is 0.356 e. The molecule has 2 rings (SSSR count). The maximum absolute atomic E-state index is 4.21. The van der Waals surface area contributed by atoms with Gasteiger partial charge in [0.15, 0.2) is 5.96 Å². The van der Waals surface area contributed by atoms with Gasteiger partial charge in [0.2, 0.25) is 0 Å². The van der Waals surface area contributed by atoms with Crippen molar-refractivity contribution in [2.45, 2.75) is 25.7 Å². The molecule has 0 fully saturated rings. The Morgan fingerprint density at radius 3 is 2.88 bits per heavy atom. The highest BCUT2D eigenvalue weighted by molar-refractivity contribution is 5.79. The van der Waals surface area contributed by atoms with Gasteiger partial charge >= 0.3 is 0 Å². The fraction of sp³-hybridized carbons (Fsp3) is 0.500. The second kappa shape index (κ2) is 5.71. The van der Waals surface area contributed by atoms with Crippen LogP contribution in [0, 0.1) is 0 Å². The van der Waals surface area contributed by atoms with Gasteiger partial charge in [0, 0.05) is 26.1 Å². The van der Waals surface area contributed by atoms with Crippen LogP contribution < -0.4 is 10.6 Å². The van der Waals surface area contributed by atoms with E-state index >= 15 is 0 Å². The van der Waals surface area contributed by atoms with Crippen LogP contribution in [0.5, 0.6) is 0 Å². The van der Waals surface area contributed by atoms with Gasteiger partial charge < -0.3 is 10.6 Å². The highest BCUT2D eigenvalue weighted by Crippen LogP contribution is 2.33. The third-order valence-electron chi connectivity index (χ3n) is 3.24. The Labute approximate surface area is 103 Å². The molecule has 0 aliphatic heterocycles. The monoisotopic (exact) mass is 231 g/mol. The molecule has 1 aliphatic carbocycles. The molecule has 1 atom stereocenters. The van der Waals surface area contributed by atoms with Gasteiger partial charge in [-0.05, 0) is 24.0 Å². The average Bonchev–Trinajstić information content (AvgIpc) is 2.34. The van der Waals surface area contributed by atoms with Crippen molar-refractivity contribution in [3.8, 4) is 0 Å². The van der Waals surface area contributed by atoms with E-state index in [1.54, 1.807) is 0 Å². The minimum atomic E-state index is 0.645. The third kappa shape index (κ3) is 2.78. The highest BCUT2D eigenvalue weighted by atomic mass is 15.2. The molecule has 0 spiro atoms. The molecule has 0 amide bonds. The lowest BCUT2D eigenvalue weighted by Crippen LogP contribution is -2.41. The topological polar surface area (TPSA) is 36.4 Å². The zero-order chi connectivity index (χ0) is 12.1. The van der Waals surface area contributed by atoms with Crippen molar-refractivity contribution in [3.05, 3.63) is 35.4 Å². The number of nitrogens with zero attached hydrogens (tertiary/aromatic N) is 1. The fourth-order valence-corrected chi connectivity index (χ4v) is 2.23. The summed E-state index contributed by atoms with van der Waals surface area (Å²) in [4.78, 5) is 4.21. The maximum atomic E-state index is 4.21. The molecule has 3 heteroatoms. The summed E-state index contributed by atoms with van der Waals surface area (Å²) in [5.41, 5.74) is 2.99. The Morgan fingerprint density at radius 1 is 1.35 bits per heavy atom. The lowest BCUT2D eigenvalue weighted by Gasteiger charge is -2.30. The molecule has 0 saturated carbocycles. The first-order valence-corrected chi connectivity index (χ1v) is 6.37. The van der Waals surface area contributed by atoms with Gasteiger partial charge in [-0.15, -0.1) is 0 Å². The van der Waals surface area contributed by atoms with Crippen molar-refractivity contribution in [1.82, 2.24) is 10.6 Å². The number of guanidine groups is 1. The first kappa shape index (κ1) is 12.0. The summed E-state index contributed by atoms with van der Waals surface area (Å²) in [5, 5.41) is 6.67. The molecular weight excluding hydrogens is 210 g/mol. The second-order valence-corrected chi connectivity index (χ2v) is 4.48. The van der Waals surface area contributed by atoms with Gasteiger partial charge in [0.05, 0.1) is 0 Å². The smallest absolute Gasteiger partial charge is 0.190 e. The van der Waals surface area contributed by atoms with E-state index in [1.807, 2.05) is 7.05 Å². The second-order valence-electron chi connectivity index (χ2n) is 4.48. The van der Waals surface area contributed by atoms with Gasteiger partial charge in [-0.3, -0.25) is 4.99 Å². The molecule has 1 aliphatic rings. The minimum Gasteiger partial charge on any atom is -0.356 e. The summed E-state index contributed by atoms with van der Waals surface area (Å²) in [6.45, 7) is 4.10. The summed E-state index contributed by atoms with van der Waals surface area (Å²) >= 11 is 0. The molecule has 0 saturated heterocycles. The predicted octanol–water partition coefficient (Wildman–Crippen LogP) is 1.90.